The van der Waals surface area contributed by atoms with Crippen LogP contribution in [-0.4, -0.2) is 11.0 Å². The molecule has 0 aromatic heterocycles. The van der Waals surface area contributed by atoms with Crippen LogP contribution in [0, 0.1) is 6.92 Å². The van der Waals surface area contributed by atoms with E-state index in [-0.39, 0.29) is 6.03 Å². The van der Waals surface area contributed by atoms with Gasteiger partial charge in [0.15, 0.2) is 0 Å². The van der Waals surface area contributed by atoms with Crippen LogP contribution in [0.25, 0.3) is 0 Å². The Labute approximate surface area is 123 Å². The van der Waals surface area contributed by atoms with Gasteiger partial charge in [-0.2, -0.15) is 0 Å². The Bertz CT molecular complexity index is 638. The van der Waals surface area contributed by atoms with E-state index in [1.807, 2.05) is 31.2 Å². The molecule has 2 aromatic carbocycles. The van der Waals surface area contributed by atoms with Crippen molar-refractivity contribution in [1.82, 2.24) is 0 Å². The lowest BCUT2D eigenvalue weighted by Crippen LogP contribution is -2.19. The molecule has 0 saturated heterocycles. The summed E-state index contributed by atoms with van der Waals surface area (Å²) in [5.74, 6) is 0. The Morgan fingerprint density at radius 1 is 1.05 bits per heavy atom. The van der Waals surface area contributed by atoms with Crippen LogP contribution in [0.4, 0.5) is 16.2 Å². The molecule has 0 fully saturated rings. The maximum absolute atomic E-state index is 11.9. The van der Waals surface area contributed by atoms with Crippen molar-refractivity contribution < 1.29 is 4.79 Å². The number of benzene rings is 2. The van der Waals surface area contributed by atoms with E-state index in [1.54, 1.807) is 24.3 Å². The molecule has 0 saturated carbocycles. The van der Waals surface area contributed by atoms with Crippen molar-refractivity contribution >= 4 is 34.6 Å². The highest BCUT2D eigenvalue weighted by Gasteiger charge is 2.04. The largest absolute Gasteiger partial charge is 0.389 e. The minimum atomic E-state index is -0.311. The zero-order valence-electron chi connectivity index (χ0n) is 11.0. The highest BCUT2D eigenvalue weighted by molar-refractivity contribution is 7.80. The van der Waals surface area contributed by atoms with Crippen LogP contribution in [0.2, 0.25) is 0 Å². The highest BCUT2D eigenvalue weighted by atomic mass is 32.1. The van der Waals surface area contributed by atoms with E-state index in [2.05, 4.69) is 10.6 Å². The molecule has 0 unspecified atom stereocenters. The highest BCUT2D eigenvalue weighted by Crippen LogP contribution is 2.12. The molecule has 102 valence electrons. The Balaban J connectivity index is 2.02. The lowest BCUT2D eigenvalue weighted by atomic mass is 10.2. The summed E-state index contributed by atoms with van der Waals surface area (Å²) in [5.41, 5.74) is 8.78. The fraction of sp³-hybridized carbons (Fsp3) is 0.0667. The van der Waals surface area contributed by atoms with Gasteiger partial charge in [0, 0.05) is 16.9 Å². The smallest absolute Gasteiger partial charge is 0.323 e. The molecular weight excluding hydrogens is 270 g/mol. The van der Waals surface area contributed by atoms with E-state index >= 15 is 0 Å². The number of anilines is 2. The molecule has 0 radical (unpaired) electrons. The number of hydrogen-bond donors (Lipinski definition) is 3. The Hall–Kier alpha value is -2.40. The van der Waals surface area contributed by atoms with E-state index in [0.717, 1.165) is 11.3 Å². The van der Waals surface area contributed by atoms with Gasteiger partial charge in [0.2, 0.25) is 0 Å². The summed E-state index contributed by atoms with van der Waals surface area (Å²) in [5, 5.41) is 5.49. The summed E-state index contributed by atoms with van der Waals surface area (Å²) >= 11 is 4.90. The zero-order valence-corrected chi connectivity index (χ0v) is 11.8. The first kappa shape index (κ1) is 14.0. The van der Waals surface area contributed by atoms with Crippen molar-refractivity contribution in [1.29, 1.82) is 0 Å². The molecule has 5 heteroatoms. The quantitative estimate of drug-likeness (QED) is 0.758. The van der Waals surface area contributed by atoms with Gasteiger partial charge >= 0.3 is 6.03 Å². The predicted molar refractivity (Wildman–Crippen MR) is 86.1 cm³/mol. The van der Waals surface area contributed by atoms with Gasteiger partial charge in [-0.15, -0.1) is 0 Å². The number of carbonyl (C=O) groups excluding carboxylic acids is 1. The maximum Gasteiger partial charge on any atom is 0.323 e. The number of carbonyl (C=O) groups is 1. The number of aryl methyl sites for hydroxylation is 1. The Morgan fingerprint density at radius 3 is 2.35 bits per heavy atom. The minimum Gasteiger partial charge on any atom is -0.389 e. The van der Waals surface area contributed by atoms with Gasteiger partial charge in [0.1, 0.15) is 4.99 Å². The summed E-state index contributed by atoms with van der Waals surface area (Å²) < 4.78 is 0. The van der Waals surface area contributed by atoms with Crippen LogP contribution >= 0.6 is 12.2 Å². The summed E-state index contributed by atoms with van der Waals surface area (Å²) in [7, 11) is 0. The zero-order chi connectivity index (χ0) is 14.5. The molecule has 0 bridgehead atoms. The first-order valence-electron chi connectivity index (χ1n) is 6.09. The van der Waals surface area contributed by atoms with Crippen molar-refractivity contribution in [2.24, 2.45) is 5.73 Å². The van der Waals surface area contributed by atoms with Gasteiger partial charge in [0.25, 0.3) is 0 Å². The fourth-order valence-electron chi connectivity index (χ4n) is 1.68. The molecular formula is C15H15N3OS. The van der Waals surface area contributed by atoms with Gasteiger partial charge in [0.05, 0.1) is 0 Å². The number of nitrogens with two attached hydrogens (primary N) is 1. The number of hydrogen-bond acceptors (Lipinski definition) is 2. The maximum atomic E-state index is 11.9. The second kappa shape index (κ2) is 6.16. The second-order valence-corrected chi connectivity index (χ2v) is 4.83. The molecule has 20 heavy (non-hydrogen) atoms. The van der Waals surface area contributed by atoms with Crippen LogP contribution < -0.4 is 16.4 Å². The number of rotatable bonds is 3. The molecule has 0 heterocycles. The first-order chi connectivity index (χ1) is 9.54. The van der Waals surface area contributed by atoms with E-state index in [1.165, 1.54) is 0 Å². The Morgan fingerprint density at radius 2 is 1.70 bits per heavy atom. The Kier molecular flexibility index (Phi) is 4.32. The molecule has 2 aromatic rings. The van der Waals surface area contributed by atoms with E-state index in [0.29, 0.717) is 16.2 Å². The number of amides is 2. The van der Waals surface area contributed by atoms with Crippen LogP contribution in [0.5, 0.6) is 0 Å². The third kappa shape index (κ3) is 3.80. The molecule has 2 amide bonds. The average molecular weight is 285 g/mol. The fourth-order valence-corrected chi connectivity index (χ4v) is 1.81. The van der Waals surface area contributed by atoms with Crippen molar-refractivity contribution in [2.75, 3.05) is 10.6 Å². The van der Waals surface area contributed by atoms with Crippen LogP contribution in [0.3, 0.4) is 0 Å². The van der Waals surface area contributed by atoms with Crippen molar-refractivity contribution in [2.45, 2.75) is 6.92 Å². The van der Waals surface area contributed by atoms with Gasteiger partial charge < -0.3 is 16.4 Å². The summed E-state index contributed by atoms with van der Waals surface area (Å²) in [4.78, 5) is 12.2. The number of thiocarbonyl (C=S) groups is 1. The molecule has 4 nitrogen and oxygen atoms in total. The SMILES string of the molecule is Cc1ccc(NC(=O)Nc2cccc(C(N)=S)c2)cc1. The molecule has 0 spiro atoms. The van der Waals surface area contributed by atoms with Crippen LogP contribution in [-0.2, 0) is 0 Å². The van der Waals surface area contributed by atoms with Gasteiger partial charge in [-0.05, 0) is 31.2 Å². The molecule has 0 aliphatic carbocycles. The number of nitrogens with one attached hydrogen (secondary N) is 2. The lowest BCUT2D eigenvalue weighted by Gasteiger charge is -2.09. The monoisotopic (exact) mass is 285 g/mol. The minimum absolute atomic E-state index is 0.299. The summed E-state index contributed by atoms with van der Waals surface area (Å²) in [6, 6.07) is 14.3. The van der Waals surface area contributed by atoms with Crippen LogP contribution in [0.1, 0.15) is 11.1 Å². The van der Waals surface area contributed by atoms with E-state index in [4.69, 9.17) is 18.0 Å². The van der Waals surface area contributed by atoms with Crippen molar-refractivity contribution in [3.8, 4) is 0 Å². The number of urea groups is 1. The van der Waals surface area contributed by atoms with Gasteiger partial charge in [-0.3, -0.25) is 0 Å². The van der Waals surface area contributed by atoms with Gasteiger partial charge in [-0.1, -0.05) is 42.0 Å². The van der Waals surface area contributed by atoms with E-state index in [9.17, 15) is 4.79 Å². The molecule has 0 aliphatic heterocycles. The topological polar surface area (TPSA) is 67.2 Å². The molecule has 2 rings (SSSR count). The summed E-state index contributed by atoms with van der Waals surface area (Å²) in [6.45, 7) is 1.99. The molecule has 4 N–H and O–H groups in total. The average Bonchev–Trinajstić information content (AvgIpc) is 2.41. The molecule has 0 atom stereocenters. The predicted octanol–water partition coefficient (Wildman–Crippen LogP) is 3.27. The first-order valence-corrected chi connectivity index (χ1v) is 6.50. The van der Waals surface area contributed by atoms with E-state index < -0.39 is 0 Å². The third-order valence-corrected chi connectivity index (χ3v) is 2.95. The lowest BCUT2D eigenvalue weighted by molar-refractivity contribution is 0.262. The second-order valence-electron chi connectivity index (χ2n) is 4.39. The third-order valence-electron chi connectivity index (χ3n) is 2.71. The standard InChI is InChI=1S/C15H15N3OS/c1-10-5-7-12(8-6-10)17-15(19)18-13-4-2-3-11(9-13)14(16)20/h2-9H,1H3,(H2,16,20)(H2,17,18,19). The van der Waals surface area contributed by atoms with Gasteiger partial charge in [-0.25, -0.2) is 4.79 Å². The van der Waals surface area contributed by atoms with Crippen molar-refractivity contribution in [3.63, 3.8) is 0 Å². The molecule has 0 aliphatic rings. The summed E-state index contributed by atoms with van der Waals surface area (Å²) in [6.07, 6.45) is 0. The normalized spacial score (nSPS) is 9.85. The van der Waals surface area contributed by atoms with Crippen LogP contribution in [0.15, 0.2) is 48.5 Å². The van der Waals surface area contributed by atoms with Crippen molar-refractivity contribution in [3.05, 3.63) is 59.7 Å².